The van der Waals surface area contributed by atoms with Crippen molar-refractivity contribution >= 4 is 5.91 Å². The van der Waals surface area contributed by atoms with Crippen LogP contribution in [0.15, 0.2) is 24.3 Å². The zero-order chi connectivity index (χ0) is 27.0. The third-order valence-electron chi connectivity index (χ3n) is 7.58. The second-order valence-corrected chi connectivity index (χ2v) is 11.1. The van der Waals surface area contributed by atoms with Crippen LogP contribution in [0.25, 0.3) is 0 Å². The van der Waals surface area contributed by atoms with Gasteiger partial charge in [-0.1, -0.05) is 96.1 Å². The summed E-state index contributed by atoms with van der Waals surface area (Å²) >= 11 is 0. The van der Waals surface area contributed by atoms with Crippen molar-refractivity contribution in [1.29, 1.82) is 0 Å². The highest BCUT2D eigenvalue weighted by Gasteiger charge is 2.32. The van der Waals surface area contributed by atoms with E-state index in [1.54, 1.807) is 6.07 Å². The molecule has 0 aromatic heterocycles. The number of likely N-dealkylation sites (N-methyl/N-ethyl adjacent to an activating group) is 1. The minimum atomic E-state index is -4.69. The molecule has 1 amide bonds. The summed E-state index contributed by atoms with van der Waals surface area (Å²) < 4.78 is 42.5. The molecule has 1 saturated heterocycles. The van der Waals surface area contributed by atoms with E-state index in [4.69, 9.17) is 0 Å². The first-order valence-corrected chi connectivity index (χ1v) is 14.7. The van der Waals surface area contributed by atoms with Gasteiger partial charge in [0.05, 0.1) is 26.7 Å². The van der Waals surface area contributed by atoms with E-state index in [1.165, 1.54) is 82.8 Å². The number of hydrogen-bond donors (Lipinski definition) is 0. The molecule has 38 heavy (non-hydrogen) atoms. The molecule has 0 aliphatic carbocycles. The number of amides is 1. The SMILES string of the molecule is CCCCCCCCCCCCCCCC(=O)N1CCC[N+](C)(Cc2cccc(OC(F)(F)F)c2)CC1.[Br-]. The number of unbranched alkanes of at least 4 members (excludes halogenated alkanes) is 12. The van der Waals surface area contributed by atoms with Gasteiger partial charge in [0.1, 0.15) is 12.3 Å². The highest BCUT2D eigenvalue weighted by atomic mass is 79.9. The molecule has 4 nitrogen and oxygen atoms in total. The molecule has 0 saturated carbocycles. The lowest BCUT2D eigenvalue weighted by Gasteiger charge is -2.33. The minimum absolute atomic E-state index is 0. The quantitative estimate of drug-likeness (QED) is 0.179. The first kappa shape index (κ1) is 34.7. The van der Waals surface area contributed by atoms with Crippen LogP contribution in [0.2, 0.25) is 0 Å². The van der Waals surface area contributed by atoms with Crippen molar-refractivity contribution in [3.8, 4) is 5.75 Å². The van der Waals surface area contributed by atoms with Crippen LogP contribution in [0.1, 0.15) is 109 Å². The lowest BCUT2D eigenvalue weighted by atomic mass is 10.0. The van der Waals surface area contributed by atoms with Crippen LogP contribution in [0, 0.1) is 0 Å². The van der Waals surface area contributed by atoms with Crippen molar-refractivity contribution in [2.75, 3.05) is 33.2 Å². The second kappa shape index (κ2) is 18.9. The number of rotatable bonds is 17. The van der Waals surface area contributed by atoms with E-state index in [1.807, 2.05) is 11.0 Å². The zero-order valence-electron chi connectivity index (χ0n) is 23.7. The fourth-order valence-corrected chi connectivity index (χ4v) is 5.37. The molecule has 2 rings (SSSR count). The molecular formula is C30H50BrF3N2O2. The number of alkyl halides is 3. The second-order valence-electron chi connectivity index (χ2n) is 11.1. The van der Waals surface area contributed by atoms with Crippen molar-refractivity contribution in [2.24, 2.45) is 0 Å². The molecule has 0 radical (unpaired) electrons. The van der Waals surface area contributed by atoms with E-state index < -0.39 is 6.36 Å². The number of benzene rings is 1. The minimum Gasteiger partial charge on any atom is -1.00 e. The van der Waals surface area contributed by atoms with Crippen LogP contribution < -0.4 is 21.7 Å². The van der Waals surface area contributed by atoms with Crippen LogP contribution in [-0.4, -0.2) is 54.9 Å². The Balaban J connectivity index is 0.00000722. The normalized spacial score (nSPS) is 18.1. The third kappa shape index (κ3) is 15.3. The largest absolute Gasteiger partial charge is 1.00 e. The van der Waals surface area contributed by atoms with Crippen LogP contribution >= 0.6 is 0 Å². The number of ether oxygens (including phenoxy) is 1. The Morgan fingerprint density at radius 2 is 1.47 bits per heavy atom. The Bertz CT molecular complexity index is 778. The van der Waals surface area contributed by atoms with Gasteiger partial charge < -0.3 is 31.1 Å². The van der Waals surface area contributed by atoms with Crippen molar-refractivity contribution in [1.82, 2.24) is 4.90 Å². The smallest absolute Gasteiger partial charge is 0.573 e. The first-order chi connectivity index (χ1) is 17.7. The Morgan fingerprint density at radius 3 is 2.05 bits per heavy atom. The number of quaternary nitrogens is 1. The molecular weight excluding hydrogens is 557 g/mol. The third-order valence-corrected chi connectivity index (χ3v) is 7.58. The first-order valence-electron chi connectivity index (χ1n) is 14.7. The zero-order valence-corrected chi connectivity index (χ0v) is 25.3. The maximum Gasteiger partial charge on any atom is 0.573 e. The average molecular weight is 608 g/mol. The highest BCUT2D eigenvalue weighted by molar-refractivity contribution is 5.76. The van der Waals surface area contributed by atoms with Gasteiger partial charge in [-0.3, -0.25) is 4.79 Å². The van der Waals surface area contributed by atoms with Gasteiger partial charge in [-0.25, -0.2) is 0 Å². The van der Waals surface area contributed by atoms with Gasteiger partial charge >= 0.3 is 6.36 Å². The molecule has 0 spiro atoms. The Hall–Kier alpha value is -1.28. The van der Waals surface area contributed by atoms with Gasteiger partial charge in [-0.05, 0) is 18.6 Å². The summed E-state index contributed by atoms with van der Waals surface area (Å²) in [5, 5.41) is 0. The number of hydrogen-bond acceptors (Lipinski definition) is 2. The molecule has 1 aromatic rings. The molecule has 1 unspecified atom stereocenters. The average Bonchev–Trinajstić information content (AvgIpc) is 3.02. The Kier molecular flexibility index (Phi) is 17.3. The van der Waals surface area contributed by atoms with Gasteiger partial charge in [-0.2, -0.15) is 0 Å². The van der Waals surface area contributed by atoms with Crippen molar-refractivity contribution in [3.05, 3.63) is 29.8 Å². The summed E-state index contributed by atoms with van der Waals surface area (Å²) in [6.07, 6.45) is 13.7. The van der Waals surface area contributed by atoms with Crippen LogP contribution in [0.4, 0.5) is 13.2 Å². The number of carbonyl (C=O) groups excluding carboxylic acids is 1. The summed E-state index contributed by atoms with van der Waals surface area (Å²) in [5.74, 6) is 0.0677. The van der Waals surface area contributed by atoms with Crippen molar-refractivity contribution in [3.63, 3.8) is 0 Å². The summed E-state index contributed by atoms with van der Waals surface area (Å²) in [5.41, 5.74) is 0.816. The molecule has 0 N–H and O–H groups in total. The van der Waals surface area contributed by atoms with Crippen molar-refractivity contribution in [2.45, 2.75) is 116 Å². The summed E-state index contributed by atoms with van der Waals surface area (Å²) in [6.45, 7) is 6.04. The molecule has 220 valence electrons. The highest BCUT2D eigenvalue weighted by Crippen LogP contribution is 2.25. The van der Waals surface area contributed by atoms with Gasteiger partial charge in [0.2, 0.25) is 5.91 Å². The van der Waals surface area contributed by atoms with Gasteiger partial charge in [0.15, 0.2) is 0 Å². The van der Waals surface area contributed by atoms with Crippen LogP contribution in [0.3, 0.4) is 0 Å². The van der Waals surface area contributed by atoms with Crippen LogP contribution in [0.5, 0.6) is 5.75 Å². The molecule has 1 aliphatic rings. The summed E-state index contributed by atoms with van der Waals surface area (Å²) in [4.78, 5) is 14.8. The fourth-order valence-electron chi connectivity index (χ4n) is 5.37. The summed E-state index contributed by atoms with van der Waals surface area (Å²) in [7, 11) is 2.12. The predicted octanol–water partition coefficient (Wildman–Crippen LogP) is 5.25. The molecule has 0 bridgehead atoms. The lowest BCUT2D eigenvalue weighted by Crippen LogP contribution is -3.00. The Morgan fingerprint density at radius 1 is 0.895 bits per heavy atom. The van der Waals surface area contributed by atoms with Crippen LogP contribution in [-0.2, 0) is 11.3 Å². The Labute approximate surface area is 239 Å². The monoisotopic (exact) mass is 606 g/mol. The molecule has 8 heteroatoms. The topological polar surface area (TPSA) is 29.5 Å². The number of carbonyl (C=O) groups is 1. The molecule has 1 fully saturated rings. The van der Waals surface area contributed by atoms with Gasteiger partial charge in [-0.15, -0.1) is 13.2 Å². The van der Waals surface area contributed by atoms with E-state index in [0.29, 0.717) is 24.0 Å². The fraction of sp³-hybridized carbons (Fsp3) is 0.767. The number of halogens is 4. The molecule has 1 heterocycles. The summed E-state index contributed by atoms with van der Waals surface area (Å²) in [6, 6.07) is 6.25. The lowest BCUT2D eigenvalue weighted by molar-refractivity contribution is -0.920. The standard InChI is InChI=1S/C30H50F3N2O2.BrH/c1-3-4-5-6-7-8-9-10-11-12-13-14-15-20-29(36)34-21-17-23-35(2,24-22-34)26-27-18-16-19-28(25-27)37-30(31,32)33;/h16,18-19,25H,3-15,17,20-24,26H2,1-2H3;1H/q+1;/p-1. The molecule has 1 atom stereocenters. The maximum atomic E-state index is 12.8. The molecule has 1 aromatic carbocycles. The predicted molar refractivity (Wildman–Crippen MR) is 144 cm³/mol. The van der Waals surface area contributed by atoms with E-state index >= 15 is 0 Å². The molecule has 1 aliphatic heterocycles. The number of nitrogens with zero attached hydrogens (tertiary/aromatic N) is 2. The van der Waals surface area contributed by atoms with Gasteiger partial charge in [0, 0.05) is 24.9 Å². The van der Waals surface area contributed by atoms with Gasteiger partial charge in [0.25, 0.3) is 0 Å². The van der Waals surface area contributed by atoms with E-state index in [-0.39, 0.29) is 28.6 Å². The van der Waals surface area contributed by atoms with Crippen molar-refractivity contribution < 1.29 is 44.2 Å². The van der Waals surface area contributed by atoms with E-state index in [2.05, 4.69) is 18.7 Å². The maximum absolute atomic E-state index is 12.8. The van der Waals surface area contributed by atoms with E-state index in [9.17, 15) is 18.0 Å². The van der Waals surface area contributed by atoms with E-state index in [0.717, 1.165) is 44.5 Å².